The maximum Gasteiger partial charge on any atom is 0.253 e. The smallest absolute Gasteiger partial charge is 0.253 e. The van der Waals surface area contributed by atoms with Crippen molar-refractivity contribution in [1.82, 2.24) is 10.2 Å². The summed E-state index contributed by atoms with van der Waals surface area (Å²) in [5, 5.41) is 3.32. The van der Waals surface area contributed by atoms with Crippen LogP contribution in [0.15, 0.2) is 18.2 Å². The first-order chi connectivity index (χ1) is 9.28. The summed E-state index contributed by atoms with van der Waals surface area (Å²) in [7, 11) is 0. The van der Waals surface area contributed by atoms with E-state index in [1.165, 1.54) is 24.0 Å². The zero-order chi connectivity index (χ0) is 13.2. The van der Waals surface area contributed by atoms with Gasteiger partial charge in [0, 0.05) is 31.7 Å². The number of carbonyl (C=O) groups is 1. The lowest BCUT2D eigenvalue weighted by Crippen LogP contribution is -2.39. The Morgan fingerprint density at radius 3 is 3.05 bits per heavy atom. The fraction of sp³-hybridized carbons (Fsp3) is 0.562. The maximum absolute atomic E-state index is 12.6. The fourth-order valence-corrected chi connectivity index (χ4v) is 3.19. The van der Waals surface area contributed by atoms with Crippen molar-refractivity contribution in [3.63, 3.8) is 0 Å². The SMILES string of the molecule is CCC1CCCN(C(=O)c2ccc3c(c2)CNC3)C1. The Morgan fingerprint density at radius 2 is 2.21 bits per heavy atom. The van der Waals surface area contributed by atoms with Crippen molar-refractivity contribution in [3.8, 4) is 0 Å². The van der Waals surface area contributed by atoms with Crippen LogP contribution >= 0.6 is 0 Å². The van der Waals surface area contributed by atoms with E-state index in [-0.39, 0.29) is 5.91 Å². The zero-order valence-corrected chi connectivity index (χ0v) is 11.6. The standard InChI is InChI=1S/C16H22N2O/c1-2-12-4-3-7-18(11-12)16(19)13-5-6-14-9-17-10-15(14)8-13/h5-6,8,12,17H,2-4,7,9-11H2,1H3. The number of hydrogen-bond acceptors (Lipinski definition) is 2. The van der Waals surface area contributed by atoms with E-state index in [2.05, 4.69) is 24.4 Å². The molecule has 1 unspecified atom stereocenters. The number of likely N-dealkylation sites (tertiary alicyclic amines) is 1. The van der Waals surface area contributed by atoms with E-state index >= 15 is 0 Å². The Morgan fingerprint density at radius 1 is 1.37 bits per heavy atom. The minimum absolute atomic E-state index is 0.216. The Kier molecular flexibility index (Phi) is 3.56. The number of hydrogen-bond donors (Lipinski definition) is 1. The van der Waals surface area contributed by atoms with E-state index in [0.29, 0.717) is 5.92 Å². The Balaban J connectivity index is 1.76. The van der Waals surface area contributed by atoms with Crippen molar-refractivity contribution in [1.29, 1.82) is 0 Å². The van der Waals surface area contributed by atoms with Crippen LogP contribution in [0.2, 0.25) is 0 Å². The minimum atomic E-state index is 0.216. The Hall–Kier alpha value is -1.35. The average molecular weight is 258 g/mol. The summed E-state index contributed by atoms with van der Waals surface area (Å²) in [6.07, 6.45) is 3.60. The molecular weight excluding hydrogens is 236 g/mol. The first-order valence-electron chi connectivity index (χ1n) is 7.39. The molecule has 0 aliphatic carbocycles. The second-order valence-corrected chi connectivity index (χ2v) is 5.75. The summed E-state index contributed by atoms with van der Waals surface area (Å²) in [5.74, 6) is 0.904. The molecule has 1 saturated heterocycles. The molecule has 0 radical (unpaired) electrons. The maximum atomic E-state index is 12.6. The number of nitrogens with one attached hydrogen (secondary N) is 1. The molecule has 1 atom stereocenters. The Bertz CT molecular complexity index is 484. The Labute approximate surface area is 115 Å². The molecule has 3 rings (SSSR count). The van der Waals surface area contributed by atoms with Crippen molar-refractivity contribution in [2.24, 2.45) is 5.92 Å². The van der Waals surface area contributed by atoms with Gasteiger partial charge in [-0.3, -0.25) is 4.79 Å². The molecule has 3 nitrogen and oxygen atoms in total. The van der Waals surface area contributed by atoms with Crippen molar-refractivity contribution < 1.29 is 4.79 Å². The summed E-state index contributed by atoms with van der Waals surface area (Å²) in [6.45, 7) is 5.91. The van der Waals surface area contributed by atoms with Crippen LogP contribution in [0.1, 0.15) is 47.7 Å². The molecule has 19 heavy (non-hydrogen) atoms. The molecule has 1 fully saturated rings. The van der Waals surface area contributed by atoms with Gasteiger partial charge in [0.05, 0.1) is 0 Å². The van der Waals surface area contributed by atoms with Gasteiger partial charge in [-0.25, -0.2) is 0 Å². The van der Waals surface area contributed by atoms with E-state index in [1.807, 2.05) is 11.0 Å². The lowest BCUT2D eigenvalue weighted by Gasteiger charge is -2.32. The van der Waals surface area contributed by atoms with Crippen molar-refractivity contribution in [2.75, 3.05) is 13.1 Å². The van der Waals surface area contributed by atoms with Crippen molar-refractivity contribution in [3.05, 3.63) is 34.9 Å². The third kappa shape index (κ3) is 2.52. The van der Waals surface area contributed by atoms with Crippen LogP contribution < -0.4 is 5.32 Å². The highest BCUT2D eigenvalue weighted by atomic mass is 16.2. The van der Waals surface area contributed by atoms with Crippen molar-refractivity contribution >= 4 is 5.91 Å². The van der Waals surface area contributed by atoms with Crippen LogP contribution in [0.5, 0.6) is 0 Å². The monoisotopic (exact) mass is 258 g/mol. The molecule has 0 bridgehead atoms. The first-order valence-corrected chi connectivity index (χ1v) is 7.39. The zero-order valence-electron chi connectivity index (χ0n) is 11.6. The molecule has 0 saturated carbocycles. The summed E-state index contributed by atoms with van der Waals surface area (Å²) >= 11 is 0. The molecule has 1 aromatic carbocycles. The number of amides is 1. The number of fused-ring (bicyclic) bond motifs is 1. The lowest BCUT2D eigenvalue weighted by molar-refractivity contribution is 0.0671. The predicted octanol–water partition coefficient (Wildman–Crippen LogP) is 2.55. The van der Waals surface area contributed by atoms with E-state index in [1.54, 1.807) is 0 Å². The highest BCUT2D eigenvalue weighted by molar-refractivity contribution is 5.94. The molecule has 3 heteroatoms. The fourth-order valence-electron chi connectivity index (χ4n) is 3.19. The third-order valence-corrected chi connectivity index (χ3v) is 4.47. The van der Waals surface area contributed by atoms with Gasteiger partial charge in [0.2, 0.25) is 0 Å². The van der Waals surface area contributed by atoms with Crippen molar-refractivity contribution in [2.45, 2.75) is 39.3 Å². The quantitative estimate of drug-likeness (QED) is 0.884. The second-order valence-electron chi connectivity index (χ2n) is 5.75. The summed E-state index contributed by atoms with van der Waals surface area (Å²) in [6, 6.07) is 6.17. The van der Waals surface area contributed by atoms with Gasteiger partial charge in [0.25, 0.3) is 5.91 Å². The lowest BCUT2D eigenvalue weighted by atomic mass is 9.95. The van der Waals surface area contributed by atoms with E-state index < -0.39 is 0 Å². The minimum Gasteiger partial charge on any atom is -0.338 e. The first kappa shape index (κ1) is 12.7. The largest absolute Gasteiger partial charge is 0.338 e. The van der Waals surface area contributed by atoms with Gasteiger partial charge in [-0.1, -0.05) is 19.4 Å². The summed E-state index contributed by atoms with van der Waals surface area (Å²) in [4.78, 5) is 14.6. The topological polar surface area (TPSA) is 32.3 Å². The van der Waals surface area contributed by atoms with Crippen LogP contribution in [0.25, 0.3) is 0 Å². The second kappa shape index (κ2) is 5.33. The van der Waals surface area contributed by atoms with Gasteiger partial charge in [-0.05, 0) is 42.0 Å². The molecule has 2 aliphatic rings. The molecule has 1 aromatic rings. The normalized spacial score (nSPS) is 22.4. The number of rotatable bonds is 2. The molecule has 1 N–H and O–H groups in total. The van der Waals surface area contributed by atoms with Crippen LogP contribution in [0.4, 0.5) is 0 Å². The molecule has 2 heterocycles. The van der Waals surface area contributed by atoms with E-state index in [9.17, 15) is 4.79 Å². The predicted molar refractivity (Wildman–Crippen MR) is 75.9 cm³/mol. The van der Waals surface area contributed by atoms with Crippen LogP contribution in [0, 0.1) is 5.92 Å². The number of nitrogens with zero attached hydrogens (tertiary/aromatic N) is 1. The van der Waals surface area contributed by atoms with Gasteiger partial charge in [-0.2, -0.15) is 0 Å². The van der Waals surface area contributed by atoms with Crippen LogP contribution in [-0.2, 0) is 13.1 Å². The van der Waals surface area contributed by atoms with Crippen LogP contribution in [-0.4, -0.2) is 23.9 Å². The highest BCUT2D eigenvalue weighted by Crippen LogP contribution is 2.23. The van der Waals surface area contributed by atoms with Gasteiger partial charge in [-0.15, -0.1) is 0 Å². The van der Waals surface area contributed by atoms with Gasteiger partial charge >= 0.3 is 0 Å². The number of piperidine rings is 1. The highest BCUT2D eigenvalue weighted by Gasteiger charge is 2.24. The molecule has 1 amide bonds. The summed E-state index contributed by atoms with van der Waals surface area (Å²) in [5.41, 5.74) is 3.48. The molecular formula is C16H22N2O. The molecule has 2 aliphatic heterocycles. The molecule has 0 spiro atoms. The van der Waals surface area contributed by atoms with Gasteiger partial charge in [0.15, 0.2) is 0 Å². The van der Waals surface area contributed by atoms with E-state index in [0.717, 1.165) is 38.2 Å². The average Bonchev–Trinajstić information content (AvgIpc) is 2.94. The van der Waals surface area contributed by atoms with Gasteiger partial charge < -0.3 is 10.2 Å². The summed E-state index contributed by atoms with van der Waals surface area (Å²) < 4.78 is 0. The molecule has 102 valence electrons. The third-order valence-electron chi connectivity index (χ3n) is 4.47. The van der Waals surface area contributed by atoms with Gasteiger partial charge in [0.1, 0.15) is 0 Å². The van der Waals surface area contributed by atoms with E-state index in [4.69, 9.17) is 0 Å². The number of benzene rings is 1. The number of carbonyl (C=O) groups excluding carboxylic acids is 1. The molecule has 0 aromatic heterocycles. The van der Waals surface area contributed by atoms with Crippen LogP contribution in [0.3, 0.4) is 0 Å².